The Hall–Kier alpha value is -1.84. The van der Waals surface area contributed by atoms with Gasteiger partial charge in [-0.1, -0.05) is 13.0 Å². The Kier molecular flexibility index (Phi) is 3.72. The van der Waals surface area contributed by atoms with E-state index in [0.717, 1.165) is 30.1 Å². The number of hydrogen-bond acceptors (Lipinski definition) is 2. The highest BCUT2D eigenvalue weighted by Gasteiger charge is 2.20. The largest absolute Gasteiger partial charge is 0.353 e. The smallest absolute Gasteiger partial charge is 0.226 e. The number of carbonyl (C=O) groups is 1. The number of hydrogen-bond donors (Lipinski definition) is 1. The van der Waals surface area contributed by atoms with Gasteiger partial charge in [0.1, 0.15) is 5.65 Å². The van der Waals surface area contributed by atoms with Crippen LogP contribution in [0.1, 0.15) is 38.3 Å². The van der Waals surface area contributed by atoms with Crippen molar-refractivity contribution in [3.05, 3.63) is 36.3 Å². The molecule has 0 atom stereocenters. The minimum absolute atomic E-state index is 0.0907. The SMILES string of the molecule is CC1CCC(NC(=O)Cc2cn3ccccc3n2)CC1. The number of carbonyl (C=O) groups excluding carboxylic acids is 1. The van der Waals surface area contributed by atoms with E-state index in [1.165, 1.54) is 12.8 Å². The van der Waals surface area contributed by atoms with Crippen LogP contribution in [0.4, 0.5) is 0 Å². The van der Waals surface area contributed by atoms with Gasteiger partial charge in [-0.05, 0) is 43.7 Å². The van der Waals surface area contributed by atoms with Crippen LogP contribution in [0.2, 0.25) is 0 Å². The Balaban J connectivity index is 1.58. The highest BCUT2D eigenvalue weighted by Crippen LogP contribution is 2.23. The summed E-state index contributed by atoms with van der Waals surface area (Å²) in [4.78, 5) is 16.5. The first kappa shape index (κ1) is 13.2. The summed E-state index contributed by atoms with van der Waals surface area (Å²) in [5, 5.41) is 3.14. The van der Waals surface area contributed by atoms with E-state index in [9.17, 15) is 4.79 Å². The first-order valence-electron chi connectivity index (χ1n) is 7.42. The summed E-state index contributed by atoms with van der Waals surface area (Å²) < 4.78 is 1.95. The Labute approximate surface area is 119 Å². The molecule has 1 aliphatic carbocycles. The molecule has 4 nitrogen and oxygen atoms in total. The number of nitrogens with zero attached hydrogens (tertiary/aromatic N) is 2. The zero-order valence-corrected chi connectivity index (χ0v) is 11.9. The zero-order valence-electron chi connectivity index (χ0n) is 11.9. The third kappa shape index (κ3) is 3.00. The maximum absolute atomic E-state index is 12.1. The number of imidazole rings is 1. The minimum atomic E-state index is 0.0907. The van der Waals surface area contributed by atoms with Gasteiger partial charge >= 0.3 is 0 Å². The second-order valence-corrected chi connectivity index (χ2v) is 5.90. The molecule has 2 heterocycles. The standard InChI is InChI=1S/C16H21N3O/c1-12-5-7-13(8-6-12)18-16(20)10-14-11-19-9-3-2-4-15(19)17-14/h2-4,9,11-13H,5-8,10H2,1H3,(H,18,20). The molecule has 20 heavy (non-hydrogen) atoms. The van der Waals surface area contributed by atoms with Gasteiger partial charge < -0.3 is 9.72 Å². The van der Waals surface area contributed by atoms with Crippen LogP contribution in [0.5, 0.6) is 0 Å². The lowest BCUT2D eigenvalue weighted by Gasteiger charge is -2.26. The Morgan fingerprint density at radius 3 is 2.90 bits per heavy atom. The third-order valence-corrected chi connectivity index (χ3v) is 4.14. The predicted octanol–water partition coefficient (Wildman–Crippen LogP) is 2.57. The minimum Gasteiger partial charge on any atom is -0.353 e. The van der Waals surface area contributed by atoms with Crippen LogP contribution in [0.25, 0.3) is 5.65 Å². The summed E-state index contributed by atoms with van der Waals surface area (Å²) in [6.45, 7) is 2.29. The van der Waals surface area contributed by atoms with Crippen LogP contribution in [0, 0.1) is 5.92 Å². The zero-order chi connectivity index (χ0) is 13.9. The summed E-state index contributed by atoms with van der Waals surface area (Å²) >= 11 is 0. The van der Waals surface area contributed by atoms with Crippen molar-refractivity contribution in [2.75, 3.05) is 0 Å². The van der Waals surface area contributed by atoms with E-state index in [1.807, 2.05) is 35.0 Å². The average molecular weight is 271 g/mol. The number of fused-ring (bicyclic) bond motifs is 1. The van der Waals surface area contributed by atoms with Crippen molar-refractivity contribution >= 4 is 11.6 Å². The summed E-state index contributed by atoms with van der Waals surface area (Å²) in [5.74, 6) is 0.898. The van der Waals surface area contributed by atoms with Gasteiger partial charge in [-0.2, -0.15) is 0 Å². The van der Waals surface area contributed by atoms with Gasteiger partial charge in [0.05, 0.1) is 12.1 Å². The summed E-state index contributed by atoms with van der Waals surface area (Å²) in [6.07, 6.45) is 8.91. The fourth-order valence-corrected chi connectivity index (χ4v) is 2.92. The van der Waals surface area contributed by atoms with Gasteiger partial charge in [-0.25, -0.2) is 4.98 Å². The molecule has 106 valence electrons. The number of amides is 1. The van der Waals surface area contributed by atoms with Crippen molar-refractivity contribution in [2.24, 2.45) is 5.92 Å². The summed E-state index contributed by atoms with van der Waals surface area (Å²) in [7, 11) is 0. The van der Waals surface area contributed by atoms with Gasteiger partial charge in [0, 0.05) is 18.4 Å². The number of nitrogens with one attached hydrogen (secondary N) is 1. The molecule has 1 saturated carbocycles. The van der Waals surface area contributed by atoms with Crippen LogP contribution < -0.4 is 5.32 Å². The van der Waals surface area contributed by atoms with Crippen molar-refractivity contribution in [1.29, 1.82) is 0 Å². The highest BCUT2D eigenvalue weighted by molar-refractivity contribution is 5.78. The quantitative estimate of drug-likeness (QED) is 0.932. The molecule has 0 bridgehead atoms. The molecule has 3 rings (SSSR count). The molecule has 1 amide bonds. The van der Waals surface area contributed by atoms with E-state index in [-0.39, 0.29) is 5.91 Å². The fourth-order valence-electron chi connectivity index (χ4n) is 2.92. The molecule has 4 heteroatoms. The molecule has 1 N–H and O–H groups in total. The lowest BCUT2D eigenvalue weighted by molar-refractivity contribution is -0.121. The number of rotatable bonds is 3. The molecule has 0 spiro atoms. The van der Waals surface area contributed by atoms with Crippen LogP contribution in [-0.2, 0) is 11.2 Å². The molecular formula is C16H21N3O. The topological polar surface area (TPSA) is 46.4 Å². The van der Waals surface area contributed by atoms with Crippen LogP contribution >= 0.6 is 0 Å². The normalized spacial score (nSPS) is 22.9. The molecule has 2 aromatic rings. The molecule has 0 aliphatic heterocycles. The van der Waals surface area contributed by atoms with E-state index in [0.29, 0.717) is 12.5 Å². The molecular weight excluding hydrogens is 250 g/mol. The third-order valence-electron chi connectivity index (χ3n) is 4.14. The lowest BCUT2D eigenvalue weighted by atomic mass is 9.87. The van der Waals surface area contributed by atoms with Gasteiger partial charge in [-0.3, -0.25) is 4.79 Å². The van der Waals surface area contributed by atoms with E-state index in [4.69, 9.17) is 0 Å². The van der Waals surface area contributed by atoms with Gasteiger partial charge in [0.2, 0.25) is 5.91 Å². The van der Waals surface area contributed by atoms with E-state index < -0.39 is 0 Å². The van der Waals surface area contributed by atoms with Crippen molar-refractivity contribution in [3.63, 3.8) is 0 Å². The maximum Gasteiger partial charge on any atom is 0.226 e. The van der Waals surface area contributed by atoms with Gasteiger partial charge in [0.15, 0.2) is 0 Å². The van der Waals surface area contributed by atoms with Crippen molar-refractivity contribution in [1.82, 2.24) is 14.7 Å². The first-order valence-corrected chi connectivity index (χ1v) is 7.42. The van der Waals surface area contributed by atoms with Gasteiger partial charge in [0.25, 0.3) is 0 Å². The van der Waals surface area contributed by atoms with Crippen LogP contribution in [0.3, 0.4) is 0 Å². The highest BCUT2D eigenvalue weighted by atomic mass is 16.1. The Morgan fingerprint density at radius 1 is 1.35 bits per heavy atom. The van der Waals surface area contributed by atoms with Crippen molar-refractivity contribution < 1.29 is 4.79 Å². The molecule has 0 unspecified atom stereocenters. The van der Waals surface area contributed by atoms with E-state index >= 15 is 0 Å². The summed E-state index contributed by atoms with van der Waals surface area (Å²) in [5.41, 5.74) is 1.72. The lowest BCUT2D eigenvalue weighted by Crippen LogP contribution is -2.38. The maximum atomic E-state index is 12.1. The molecule has 2 aromatic heterocycles. The molecule has 0 saturated heterocycles. The Morgan fingerprint density at radius 2 is 2.15 bits per heavy atom. The second kappa shape index (κ2) is 5.65. The molecule has 0 aromatic carbocycles. The first-order chi connectivity index (χ1) is 9.70. The number of aromatic nitrogens is 2. The van der Waals surface area contributed by atoms with Crippen LogP contribution in [0.15, 0.2) is 30.6 Å². The van der Waals surface area contributed by atoms with Crippen LogP contribution in [-0.4, -0.2) is 21.3 Å². The summed E-state index contributed by atoms with van der Waals surface area (Å²) in [6, 6.07) is 6.22. The van der Waals surface area contributed by atoms with Crippen molar-refractivity contribution in [3.8, 4) is 0 Å². The van der Waals surface area contributed by atoms with Crippen molar-refractivity contribution in [2.45, 2.75) is 45.1 Å². The van der Waals surface area contributed by atoms with E-state index in [2.05, 4.69) is 17.2 Å². The van der Waals surface area contributed by atoms with Gasteiger partial charge in [-0.15, -0.1) is 0 Å². The Bertz CT molecular complexity index is 564. The molecule has 1 aliphatic rings. The monoisotopic (exact) mass is 271 g/mol. The average Bonchev–Trinajstić information content (AvgIpc) is 2.83. The van der Waals surface area contributed by atoms with E-state index in [1.54, 1.807) is 0 Å². The molecule has 1 fully saturated rings. The number of pyridine rings is 1. The predicted molar refractivity (Wildman–Crippen MR) is 78.5 cm³/mol. The second-order valence-electron chi connectivity index (χ2n) is 5.90. The fraction of sp³-hybridized carbons (Fsp3) is 0.500. The molecule has 0 radical (unpaired) electrons.